The lowest BCUT2D eigenvalue weighted by molar-refractivity contribution is 0.739. The van der Waals surface area contributed by atoms with Crippen LogP contribution in [0.2, 0.25) is 0 Å². The van der Waals surface area contributed by atoms with Gasteiger partial charge in [-0.25, -0.2) is 0 Å². The molecule has 0 aromatic carbocycles. The van der Waals surface area contributed by atoms with E-state index < -0.39 is 0 Å². The first kappa shape index (κ1) is 8.52. The summed E-state index contributed by atoms with van der Waals surface area (Å²) < 4.78 is 4.16. The van der Waals surface area contributed by atoms with E-state index >= 15 is 0 Å². The largest absolute Gasteiger partial charge is 0.330 e. The van der Waals surface area contributed by atoms with Crippen LogP contribution in [0.4, 0.5) is 0 Å². The summed E-state index contributed by atoms with van der Waals surface area (Å²) in [5.74, 6) is 0. The number of hydrogen-bond acceptors (Lipinski definition) is 2. The molecule has 0 saturated heterocycles. The van der Waals surface area contributed by atoms with Crippen LogP contribution in [0.3, 0.4) is 0 Å². The molecule has 0 amide bonds. The van der Waals surface area contributed by atoms with Crippen molar-refractivity contribution >= 4 is 25.2 Å². The van der Waals surface area contributed by atoms with Crippen molar-refractivity contribution in [1.29, 1.82) is 0 Å². The minimum atomic E-state index is 0.00434. The molecule has 0 aliphatic heterocycles. The fourth-order valence-corrected chi connectivity index (χ4v) is 1.27. The molecule has 3 heteroatoms. The Balaban J connectivity index is 2.98. The van der Waals surface area contributed by atoms with Gasteiger partial charge in [0.05, 0.1) is 4.05 Å². The zero-order chi connectivity index (χ0) is 6.41. The second kappa shape index (κ2) is 5.65. The SMILES string of the molecule is C=IC(N)CCCN. The average Bonchev–Trinajstić information content (AvgIpc) is 1.83. The maximum absolute atomic E-state index is 5.59. The van der Waals surface area contributed by atoms with Crippen LogP contribution in [0, 0.1) is 0 Å². The molecule has 0 aliphatic carbocycles. The Morgan fingerprint density at radius 2 is 2.25 bits per heavy atom. The van der Waals surface area contributed by atoms with E-state index in [1.165, 1.54) is 0 Å². The predicted molar refractivity (Wildman–Crippen MR) is 47.4 cm³/mol. The fourth-order valence-electron chi connectivity index (χ4n) is 0.390. The highest BCUT2D eigenvalue weighted by Gasteiger charge is 1.92. The second-order valence-electron chi connectivity index (χ2n) is 1.60. The monoisotopic (exact) mass is 228 g/mol. The minimum absolute atomic E-state index is 0.00434. The molecule has 1 unspecified atom stereocenters. The van der Waals surface area contributed by atoms with Crippen LogP contribution >= 0.6 is 20.7 Å². The molecule has 0 saturated carbocycles. The molecule has 0 rings (SSSR count). The highest BCUT2D eigenvalue weighted by atomic mass is 127. The summed E-state index contributed by atoms with van der Waals surface area (Å²) in [7, 11) is 0. The normalized spacial score (nSPS) is 13.8. The molecule has 2 nitrogen and oxygen atoms in total. The van der Waals surface area contributed by atoms with Gasteiger partial charge in [0.1, 0.15) is 0 Å². The van der Waals surface area contributed by atoms with Crippen LogP contribution < -0.4 is 11.5 Å². The number of nitrogens with two attached hydrogens (primary N) is 2. The minimum Gasteiger partial charge on any atom is -0.330 e. The van der Waals surface area contributed by atoms with Gasteiger partial charge in [-0.3, -0.25) is 0 Å². The molecular weight excluding hydrogens is 215 g/mol. The molecule has 0 radical (unpaired) electrons. The Kier molecular flexibility index (Phi) is 6.02. The van der Waals surface area contributed by atoms with Crippen molar-refractivity contribution < 1.29 is 0 Å². The van der Waals surface area contributed by atoms with Crippen LogP contribution in [-0.4, -0.2) is 15.1 Å². The number of rotatable bonds is 4. The quantitative estimate of drug-likeness (QED) is 0.416. The lowest BCUT2D eigenvalue weighted by Crippen LogP contribution is -2.13. The molecule has 0 bridgehead atoms. The summed E-state index contributed by atoms with van der Waals surface area (Å²) in [6.07, 6.45) is 2.11. The Morgan fingerprint density at radius 1 is 1.62 bits per heavy atom. The highest BCUT2D eigenvalue weighted by Crippen LogP contribution is 2.04. The van der Waals surface area contributed by atoms with Crippen molar-refractivity contribution in [3.05, 3.63) is 0 Å². The topological polar surface area (TPSA) is 52.0 Å². The summed E-state index contributed by atoms with van der Waals surface area (Å²) >= 11 is 0.00434. The first-order chi connectivity index (χ1) is 3.81. The van der Waals surface area contributed by atoms with E-state index in [2.05, 4.69) is 4.51 Å². The molecule has 50 valence electrons. The summed E-state index contributed by atoms with van der Waals surface area (Å²) in [6.45, 7) is 0.761. The lowest BCUT2D eigenvalue weighted by atomic mass is 10.3. The van der Waals surface area contributed by atoms with E-state index in [0.717, 1.165) is 19.4 Å². The molecule has 0 spiro atoms. The zero-order valence-electron chi connectivity index (χ0n) is 4.94. The van der Waals surface area contributed by atoms with Gasteiger partial charge in [0.2, 0.25) is 0 Å². The van der Waals surface area contributed by atoms with Gasteiger partial charge in [0, 0.05) is 0 Å². The zero-order valence-corrected chi connectivity index (χ0v) is 7.10. The first-order valence-corrected chi connectivity index (χ1v) is 5.41. The van der Waals surface area contributed by atoms with Crippen LogP contribution in [0.5, 0.6) is 0 Å². The number of alkyl halides is 1. The highest BCUT2D eigenvalue weighted by molar-refractivity contribution is 14.2. The third-order valence-corrected chi connectivity index (χ3v) is 2.64. The fraction of sp³-hybridized carbons (Fsp3) is 0.800. The molecule has 0 heterocycles. The summed E-state index contributed by atoms with van der Waals surface area (Å²) in [4.78, 5) is 0. The van der Waals surface area contributed by atoms with Crippen molar-refractivity contribution in [2.24, 2.45) is 11.5 Å². The predicted octanol–water partition coefficient (Wildman–Crippen LogP) is 0.413. The van der Waals surface area contributed by atoms with Gasteiger partial charge in [-0.2, -0.15) is 0 Å². The summed E-state index contributed by atoms with van der Waals surface area (Å²) in [5.41, 5.74) is 10.9. The van der Waals surface area contributed by atoms with Crippen molar-refractivity contribution in [1.82, 2.24) is 0 Å². The van der Waals surface area contributed by atoms with Crippen molar-refractivity contribution in [3.63, 3.8) is 0 Å². The van der Waals surface area contributed by atoms with E-state index in [-0.39, 0.29) is 20.7 Å². The van der Waals surface area contributed by atoms with Crippen molar-refractivity contribution in [2.45, 2.75) is 16.9 Å². The Labute approximate surface area is 60.4 Å². The van der Waals surface area contributed by atoms with E-state index in [9.17, 15) is 0 Å². The van der Waals surface area contributed by atoms with Crippen molar-refractivity contribution in [2.75, 3.05) is 6.54 Å². The van der Waals surface area contributed by atoms with E-state index in [0.29, 0.717) is 4.05 Å². The molecule has 0 aromatic rings. The average molecular weight is 228 g/mol. The van der Waals surface area contributed by atoms with Gasteiger partial charge in [-0.05, 0) is 19.4 Å². The second-order valence-corrected chi connectivity index (χ2v) is 4.08. The molecule has 0 aromatic heterocycles. The van der Waals surface area contributed by atoms with Crippen LogP contribution in [0.15, 0.2) is 0 Å². The number of hydrogen-bond donors (Lipinski definition) is 2. The van der Waals surface area contributed by atoms with Gasteiger partial charge in [-0.15, -0.1) is 20.7 Å². The Bertz CT molecular complexity index is 65.4. The maximum atomic E-state index is 5.59. The molecule has 1 atom stereocenters. The summed E-state index contributed by atoms with van der Waals surface area (Å²) in [6, 6.07) is 0. The van der Waals surface area contributed by atoms with Crippen LogP contribution in [0.1, 0.15) is 12.8 Å². The van der Waals surface area contributed by atoms with Gasteiger partial charge in [0.25, 0.3) is 0 Å². The molecule has 8 heavy (non-hydrogen) atoms. The standard InChI is InChI=1S/C5H13IN2/c1-6-5(8)3-2-4-7/h5H,1-4,7-8H2. The van der Waals surface area contributed by atoms with Crippen molar-refractivity contribution in [3.8, 4) is 0 Å². The van der Waals surface area contributed by atoms with Gasteiger partial charge < -0.3 is 11.5 Å². The Hall–Kier alpha value is 0.520. The third-order valence-electron chi connectivity index (χ3n) is 0.882. The van der Waals surface area contributed by atoms with E-state index in [1.807, 2.05) is 0 Å². The maximum Gasteiger partial charge on any atom is 0.0515 e. The third kappa shape index (κ3) is 4.67. The summed E-state index contributed by atoms with van der Waals surface area (Å²) in [5, 5.41) is 0. The van der Waals surface area contributed by atoms with Gasteiger partial charge >= 0.3 is 0 Å². The van der Waals surface area contributed by atoms with Gasteiger partial charge in [-0.1, -0.05) is 4.51 Å². The molecule has 0 aliphatic rings. The van der Waals surface area contributed by atoms with Gasteiger partial charge in [0.15, 0.2) is 0 Å². The van der Waals surface area contributed by atoms with E-state index in [1.54, 1.807) is 0 Å². The smallest absolute Gasteiger partial charge is 0.0515 e. The lowest BCUT2D eigenvalue weighted by Gasteiger charge is -2.00. The molecular formula is C5H13IN2. The Morgan fingerprint density at radius 3 is 2.62 bits per heavy atom. The van der Waals surface area contributed by atoms with Crippen LogP contribution in [-0.2, 0) is 0 Å². The van der Waals surface area contributed by atoms with E-state index in [4.69, 9.17) is 11.5 Å². The molecule has 0 fully saturated rings. The molecule has 4 N–H and O–H groups in total. The first-order valence-electron chi connectivity index (χ1n) is 2.64. The van der Waals surface area contributed by atoms with Crippen LogP contribution in [0.25, 0.3) is 0 Å². The number of halogens is 1.